The van der Waals surface area contributed by atoms with Crippen LogP contribution in [0, 0.1) is 0 Å². The van der Waals surface area contributed by atoms with E-state index in [1.54, 1.807) is 7.05 Å². The summed E-state index contributed by atoms with van der Waals surface area (Å²) in [6, 6.07) is 10.0. The summed E-state index contributed by atoms with van der Waals surface area (Å²) in [4.78, 5) is 20.7. The lowest BCUT2D eigenvalue weighted by atomic mass is 10.2. The number of nitrogens with one attached hydrogen (secondary N) is 2. The fourth-order valence-electron chi connectivity index (χ4n) is 3.42. The predicted octanol–water partition coefficient (Wildman–Crippen LogP) is -0.313. The highest BCUT2D eigenvalue weighted by molar-refractivity contribution is 7.91. The minimum atomic E-state index is -2.95. The van der Waals surface area contributed by atoms with Crippen molar-refractivity contribution in [3.63, 3.8) is 0 Å². The second kappa shape index (κ2) is 8.60. The normalized spacial score (nSPS) is 22.6. The number of hydrogen-bond acceptors (Lipinski definition) is 5. The Labute approximate surface area is 160 Å². The number of guanidine groups is 1. The molecule has 2 saturated heterocycles. The maximum Gasteiger partial charge on any atom is 0.242 e. The van der Waals surface area contributed by atoms with Gasteiger partial charge in [0.05, 0.1) is 18.1 Å². The van der Waals surface area contributed by atoms with Crippen molar-refractivity contribution in [2.45, 2.75) is 12.5 Å². The Hall–Kier alpha value is -2.29. The van der Waals surface area contributed by atoms with E-state index in [1.807, 2.05) is 23.1 Å². The highest BCUT2D eigenvalue weighted by Gasteiger charge is 2.28. The van der Waals surface area contributed by atoms with Crippen LogP contribution in [-0.2, 0) is 14.6 Å². The average Bonchev–Trinajstić information content (AvgIpc) is 3.04. The molecule has 8 nitrogen and oxygen atoms in total. The van der Waals surface area contributed by atoms with E-state index in [4.69, 9.17) is 0 Å². The Morgan fingerprint density at radius 3 is 2.48 bits per heavy atom. The van der Waals surface area contributed by atoms with Gasteiger partial charge in [0.25, 0.3) is 0 Å². The van der Waals surface area contributed by atoms with E-state index < -0.39 is 9.84 Å². The first-order chi connectivity index (χ1) is 13.0. The highest BCUT2D eigenvalue weighted by atomic mass is 32.2. The van der Waals surface area contributed by atoms with Crippen molar-refractivity contribution in [2.24, 2.45) is 4.99 Å². The molecule has 0 radical (unpaired) electrons. The number of anilines is 1. The van der Waals surface area contributed by atoms with Crippen molar-refractivity contribution in [1.29, 1.82) is 0 Å². The fraction of sp³-hybridized carbons (Fsp3) is 0.556. The van der Waals surface area contributed by atoms with E-state index in [-0.39, 0.29) is 30.0 Å². The average molecular weight is 394 g/mol. The first-order valence-corrected chi connectivity index (χ1v) is 11.0. The van der Waals surface area contributed by atoms with Crippen LogP contribution in [0.25, 0.3) is 0 Å². The van der Waals surface area contributed by atoms with E-state index in [9.17, 15) is 13.2 Å². The van der Waals surface area contributed by atoms with Crippen LogP contribution in [0.15, 0.2) is 35.3 Å². The summed E-state index contributed by atoms with van der Waals surface area (Å²) in [7, 11) is -1.34. The molecule has 9 heteroatoms. The van der Waals surface area contributed by atoms with Crippen molar-refractivity contribution < 1.29 is 13.2 Å². The van der Waals surface area contributed by atoms with E-state index in [1.165, 1.54) is 5.69 Å². The summed E-state index contributed by atoms with van der Waals surface area (Å²) in [5.74, 6) is 0.799. The molecular weight excluding hydrogens is 366 g/mol. The number of hydrogen-bond donors (Lipinski definition) is 2. The van der Waals surface area contributed by atoms with E-state index in [2.05, 4.69) is 32.7 Å². The lowest BCUT2D eigenvalue weighted by Crippen LogP contribution is -2.53. The number of carbonyl (C=O) groups is 1. The summed E-state index contributed by atoms with van der Waals surface area (Å²) >= 11 is 0. The van der Waals surface area contributed by atoms with Crippen LogP contribution in [0.4, 0.5) is 5.69 Å². The second-order valence-electron chi connectivity index (χ2n) is 6.87. The van der Waals surface area contributed by atoms with Crippen LogP contribution in [0.1, 0.15) is 6.42 Å². The Balaban J connectivity index is 1.42. The Bertz CT molecular complexity index is 773. The largest absolute Gasteiger partial charge is 0.368 e. The van der Waals surface area contributed by atoms with Gasteiger partial charge in [-0.2, -0.15) is 0 Å². The van der Waals surface area contributed by atoms with Crippen molar-refractivity contribution in [2.75, 3.05) is 56.2 Å². The van der Waals surface area contributed by atoms with Crippen LogP contribution in [0.2, 0.25) is 0 Å². The first-order valence-electron chi connectivity index (χ1n) is 9.22. The number of aliphatic imine (C=N–C) groups is 1. The van der Waals surface area contributed by atoms with Gasteiger partial charge in [0.1, 0.15) is 0 Å². The van der Waals surface area contributed by atoms with Crippen LogP contribution in [-0.4, -0.2) is 82.5 Å². The number of benzene rings is 1. The number of piperazine rings is 1. The third kappa shape index (κ3) is 5.35. The monoisotopic (exact) mass is 393 g/mol. The van der Waals surface area contributed by atoms with Gasteiger partial charge in [-0.15, -0.1) is 0 Å². The van der Waals surface area contributed by atoms with Gasteiger partial charge in [0.15, 0.2) is 15.8 Å². The molecule has 2 N–H and O–H groups in total. The molecule has 1 atom stereocenters. The molecule has 1 unspecified atom stereocenters. The van der Waals surface area contributed by atoms with E-state index in [0.29, 0.717) is 25.5 Å². The maximum atomic E-state index is 12.5. The Kier molecular flexibility index (Phi) is 6.20. The summed E-state index contributed by atoms with van der Waals surface area (Å²) < 4.78 is 23.1. The van der Waals surface area contributed by atoms with Crippen LogP contribution >= 0.6 is 0 Å². The minimum absolute atomic E-state index is 0.0182. The standard InChI is InChI=1S/C18H27N5O3S/c1-19-18(21-15-7-12-27(25,26)14-15)20-13-17(24)23-10-8-22(9-11-23)16-5-3-2-4-6-16/h2-6,15H,7-14H2,1H3,(H2,19,20,21). The molecule has 1 aromatic rings. The maximum absolute atomic E-state index is 12.5. The molecule has 1 amide bonds. The lowest BCUT2D eigenvalue weighted by molar-refractivity contribution is -0.130. The third-order valence-electron chi connectivity index (χ3n) is 4.96. The van der Waals surface area contributed by atoms with E-state index >= 15 is 0 Å². The summed E-state index contributed by atoms with van der Waals surface area (Å²) in [5.41, 5.74) is 1.18. The lowest BCUT2D eigenvalue weighted by Gasteiger charge is -2.36. The quantitative estimate of drug-likeness (QED) is 0.538. The van der Waals surface area contributed by atoms with Crippen molar-refractivity contribution in [3.8, 4) is 0 Å². The number of sulfone groups is 1. The Morgan fingerprint density at radius 1 is 1.19 bits per heavy atom. The fourth-order valence-corrected chi connectivity index (χ4v) is 5.09. The molecule has 2 aliphatic rings. The van der Waals surface area contributed by atoms with Gasteiger partial charge >= 0.3 is 0 Å². The molecule has 1 aromatic carbocycles. The number of amides is 1. The number of para-hydroxylation sites is 1. The molecule has 0 spiro atoms. The van der Waals surface area contributed by atoms with Crippen LogP contribution in [0.5, 0.6) is 0 Å². The summed E-state index contributed by atoms with van der Waals surface area (Å²) in [5, 5.41) is 6.09. The zero-order valence-corrected chi connectivity index (χ0v) is 16.4. The van der Waals surface area contributed by atoms with Gasteiger partial charge in [-0.05, 0) is 18.6 Å². The van der Waals surface area contributed by atoms with Crippen molar-refractivity contribution in [1.82, 2.24) is 15.5 Å². The van der Waals surface area contributed by atoms with Gasteiger partial charge in [0, 0.05) is 45.0 Å². The van der Waals surface area contributed by atoms with Gasteiger partial charge in [0.2, 0.25) is 5.91 Å². The minimum Gasteiger partial charge on any atom is -0.368 e. The number of rotatable bonds is 4. The zero-order chi connectivity index (χ0) is 19.3. The summed E-state index contributed by atoms with van der Waals surface area (Å²) in [6.07, 6.45) is 0.568. The molecule has 148 valence electrons. The first kappa shape index (κ1) is 19.5. The Morgan fingerprint density at radius 2 is 1.89 bits per heavy atom. The van der Waals surface area contributed by atoms with E-state index in [0.717, 1.165) is 13.1 Å². The van der Waals surface area contributed by atoms with Gasteiger partial charge in [-0.3, -0.25) is 9.79 Å². The van der Waals surface area contributed by atoms with Crippen molar-refractivity contribution >= 4 is 27.4 Å². The highest BCUT2D eigenvalue weighted by Crippen LogP contribution is 2.15. The molecule has 3 rings (SSSR count). The number of carbonyl (C=O) groups excluding carboxylic acids is 1. The molecule has 2 fully saturated rings. The van der Waals surface area contributed by atoms with Gasteiger partial charge in [-0.25, -0.2) is 8.42 Å². The van der Waals surface area contributed by atoms with Crippen LogP contribution < -0.4 is 15.5 Å². The molecule has 2 heterocycles. The second-order valence-corrected chi connectivity index (χ2v) is 9.10. The molecule has 2 aliphatic heterocycles. The SMILES string of the molecule is CN=C(NCC(=O)N1CCN(c2ccccc2)CC1)NC1CCS(=O)(=O)C1. The predicted molar refractivity (Wildman–Crippen MR) is 107 cm³/mol. The smallest absolute Gasteiger partial charge is 0.242 e. The molecule has 27 heavy (non-hydrogen) atoms. The molecule has 0 saturated carbocycles. The third-order valence-corrected chi connectivity index (χ3v) is 6.73. The summed E-state index contributed by atoms with van der Waals surface area (Å²) in [6.45, 7) is 3.13. The van der Waals surface area contributed by atoms with Gasteiger partial charge in [-0.1, -0.05) is 18.2 Å². The van der Waals surface area contributed by atoms with Crippen molar-refractivity contribution in [3.05, 3.63) is 30.3 Å². The molecule has 0 aromatic heterocycles. The molecular formula is C18H27N5O3S. The van der Waals surface area contributed by atoms with Gasteiger partial charge < -0.3 is 20.4 Å². The molecule has 0 aliphatic carbocycles. The molecule has 0 bridgehead atoms. The number of nitrogens with zero attached hydrogens (tertiary/aromatic N) is 3. The zero-order valence-electron chi connectivity index (χ0n) is 15.6. The topological polar surface area (TPSA) is 94.1 Å². The van der Waals surface area contributed by atoms with Crippen LogP contribution in [0.3, 0.4) is 0 Å².